The Hall–Kier alpha value is -2.61. The lowest BCUT2D eigenvalue weighted by atomic mass is 10.2. The minimum Gasteiger partial charge on any atom is -0.352 e. The van der Waals surface area contributed by atoms with E-state index in [2.05, 4.69) is 54.8 Å². The monoisotopic (exact) mass is 447 g/mol. The summed E-state index contributed by atoms with van der Waals surface area (Å²) in [6, 6.07) is 16.7. The number of nitrogens with zero attached hydrogens (tertiary/aromatic N) is 4. The molecule has 7 heteroatoms. The molecule has 3 aromatic rings. The summed E-state index contributed by atoms with van der Waals surface area (Å²) in [7, 11) is 0. The third kappa shape index (κ3) is 4.90. The summed E-state index contributed by atoms with van der Waals surface area (Å²) in [4.78, 5) is 23.0. The number of aromatic nitrogens is 2. The first-order valence-corrected chi connectivity index (χ1v) is 12.2. The van der Waals surface area contributed by atoms with E-state index in [-0.39, 0.29) is 5.91 Å². The van der Waals surface area contributed by atoms with Gasteiger partial charge in [-0.3, -0.25) is 14.1 Å². The first-order chi connectivity index (χ1) is 15.8. The molecule has 2 aromatic heterocycles. The predicted octanol–water partition coefficient (Wildman–Crippen LogP) is 3.50. The number of carbonyl (C=O) groups excluding carboxylic acids is 1. The van der Waals surface area contributed by atoms with E-state index < -0.39 is 0 Å². The Morgan fingerprint density at radius 1 is 1.00 bits per heavy atom. The van der Waals surface area contributed by atoms with Gasteiger partial charge in [0.2, 0.25) is 0 Å². The zero-order valence-electron chi connectivity index (χ0n) is 18.2. The Morgan fingerprint density at radius 3 is 2.75 bits per heavy atom. The lowest BCUT2D eigenvalue weighted by molar-refractivity contribution is -0.116. The third-order valence-electron chi connectivity index (χ3n) is 6.10. The van der Waals surface area contributed by atoms with Crippen LogP contribution in [0.3, 0.4) is 0 Å². The number of thioether (sulfide) groups is 1. The number of amides is 1. The van der Waals surface area contributed by atoms with Crippen molar-refractivity contribution in [1.82, 2.24) is 24.5 Å². The Balaban J connectivity index is 1.06. The van der Waals surface area contributed by atoms with Crippen molar-refractivity contribution in [3.8, 4) is 0 Å². The molecule has 0 bridgehead atoms. The highest BCUT2D eigenvalue weighted by atomic mass is 32.2. The molecule has 2 aliphatic heterocycles. The molecule has 166 valence electrons. The third-order valence-corrected chi connectivity index (χ3v) is 7.16. The van der Waals surface area contributed by atoms with Crippen LogP contribution in [-0.4, -0.2) is 64.4 Å². The minimum absolute atomic E-state index is 0.00403. The molecular weight excluding hydrogens is 418 g/mol. The van der Waals surface area contributed by atoms with Gasteiger partial charge < -0.3 is 10.2 Å². The van der Waals surface area contributed by atoms with Crippen molar-refractivity contribution in [2.75, 3.05) is 39.3 Å². The van der Waals surface area contributed by atoms with Crippen LogP contribution in [0, 0.1) is 0 Å². The average molecular weight is 448 g/mol. The van der Waals surface area contributed by atoms with Crippen LogP contribution in [0.25, 0.3) is 11.7 Å². The van der Waals surface area contributed by atoms with Gasteiger partial charge in [0.15, 0.2) is 0 Å². The fourth-order valence-corrected chi connectivity index (χ4v) is 5.44. The van der Waals surface area contributed by atoms with Crippen molar-refractivity contribution in [3.05, 3.63) is 70.9 Å². The topological polar surface area (TPSA) is 52.9 Å². The molecule has 1 amide bonds. The van der Waals surface area contributed by atoms with Crippen LogP contribution >= 0.6 is 11.8 Å². The molecule has 1 N–H and O–H groups in total. The van der Waals surface area contributed by atoms with Gasteiger partial charge >= 0.3 is 0 Å². The van der Waals surface area contributed by atoms with Gasteiger partial charge in [-0.15, -0.1) is 0 Å². The van der Waals surface area contributed by atoms with Crippen LogP contribution in [0.1, 0.15) is 24.1 Å². The van der Waals surface area contributed by atoms with Crippen LogP contribution in [0.4, 0.5) is 0 Å². The number of imidazole rings is 1. The smallest absolute Gasteiger partial charge is 0.258 e. The fourth-order valence-electron chi connectivity index (χ4n) is 4.44. The Bertz CT molecular complexity index is 1110. The van der Waals surface area contributed by atoms with E-state index in [4.69, 9.17) is 0 Å². The Kier molecular flexibility index (Phi) is 6.57. The van der Waals surface area contributed by atoms with Crippen LogP contribution in [-0.2, 0) is 11.3 Å². The summed E-state index contributed by atoms with van der Waals surface area (Å²) in [5, 5.41) is 4.14. The first kappa shape index (κ1) is 21.2. The molecule has 0 unspecified atom stereocenters. The highest BCUT2D eigenvalue weighted by Gasteiger charge is 2.20. The van der Waals surface area contributed by atoms with Gasteiger partial charge in [0, 0.05) is 26.2 Å². The average Bonchev–Trinajstić information content (AvgIpc) is 3.11. The van der Waals surface area contributed by atoms with Crippen LogP contribution in [0.5, 0.6) is 0 Å². The lowest BCUT2D eigenvalue weighted by Crippen LogP contribution is -2.33. The van der Waals surface area contributed by atoms with Crippen LogP contribution in [0.15, 0.2) is 64.7 Å². The number of nitrogens with one attached hydrogen (secondary N) is 1. The minimum atomic E-state index is 0.00403. The molecule has 5 rings (SSSR count). The second-order valence-corrected chi connectivity index (χ2v) is 9.48. The molecule has 32 heavy (non-hydrogen) atoms. The number of hydrogen-bond donors (Lipinski definition) is 1. The summed E-state index contributed by atoms with van der Waals surface area (Å²) in [5.41, 5.74) is 3.27. The normalized spacial score (nSPS) is 17.2. The number of pyridine rings is 1. The lowest BCUT2D eigenvalue weighted by Gasteiger charge is -2.22. The van der Waals surface area contributed by atoms with Crippen molar-refractivity contribution in [1.29, 1.82) is 0 Å². The maximum Gasteiger partial charge on any atom is 0.258 e. The standard InChI is InChI=1S/C25H29N5OS/c31-25(22-17-21-18-27-23-9-4-10-24(32-22)30(21)23)26-11-5-12-28-13-6-14-29(16-15-28)19-20-7-2-1-3-8-20/h1-4,7-10,17-18H,5-6,11-16,19H2,(H,26,31). The molecule has 1 saturated heterocycles. The van der Waals surface area contributed by atoms with Gasteiger partial charge in [0.25, 0.3) is 5.91 Å². The highest BCUT2D eigenvalue weighted by Crippen LogP contribution is 2.34. The van der Waals surface area contributed by atoms with Crippen molar-refractivity contribution in [2.24, 2.45) is 0 Å². The summed E-state index contributed by atoms with van der Waals surface area (Å²) >= 11 is 1.51. The molecule has 1 fully saturated rings. The molecule has 0 aliphatic carbocycles. The fraction of sp³-hybridized carbons (Fsp3) is 0.360. The van der Waals surface area contributed by atoms with E-state index in [1.165, 1.54) is 23.7 Å². The van der Waals surface area contributed by atoms with Crippen molar-refractivity contribution < 1.29 is 4.79 Å². The van der Waals surface area contributed by atoms with Crippen LogP contribution in [0.2, 0.25) is 0 Å². The van der Waals surface area contributed by atoms with Crippen molar-refractivity contribution in [3.63, 3.8) is 0 Å². The van der Waals surface area contributed by atoms with Gasteiger partial charge in [-0.05, 0) is 56.2 Å². The maximum absolute atomic E-state index is 12.7. The van der Waals surface area contributed by atoms with Gasteiger partial charge in [-0.2, -0.15) is 0 Å². The van der Waals surface area contributed by atoms with Gasteiger partial charge in [0.1, 0.15) is 5.65 Å². The van der Waals surface area contributed by atoms with Gasteiger partial charge in [0.05, 0.1) is 21.8 Å². The summed E-state index contributed by atoms with van der Waals surface area (Å²) < 4.78 is 2.09. The molecule has 6 nitrogen and oxygen atoms in total. The first-order valence-electron chi connectivity index (χ1n) is 11.4. The van der Waals surface area contributed by atoms with E-state index in [1.807, 2.05) is 30.5 Å². The number of rotatable bonds is 7. The van der Waals surface area contributed by atoms with Gasteiger partial charge in [-0.25, -0.2) is 4.98 Å². The zero-order chi connectivity index (χ0) is 21.8. The van der Waals surface area contributed by atoms with E-state index in [0.717, 1.165) is 67.0 Å². The molecule has 0 atom stereocenters. The Labute approximate surface area is 193 Å². The van der Waals surface area contributed by atoms with E-state index in [9.17, 15) is 4.79 Å². The van der Waals surface area contributed by atoms with Crippen molar-refractivity contribution >= 4 is 29.4 Å². The molecule has 0 saturated carbocycles. The highest BCUT2D eigenvalue weighted by molar-refractivity contribution is 8.04. The zero-order valence-corrected chi connectivity index (χ0v) is 19.1. The Morgan fingerprint density at radius 2 is 1.84 bits per heavy atom. The molecule has 4 heterocycles. The van der Waals surface area contributed by atoms with E-state index >= 15 is 0 Å². The molecule has 0 radical (unpaired) electrons. The second-order valence-electron chi connectivity index (χ2n) is 8.42. The van der Waals surface area contributed by atoms with E-state index in [0.29, 0.717) is 6.54 Å². The number of carbonyl (C=O) groups is 1. The predicted molar refractivity (Wildman–Crippen MR) is 129 cm³/mol. The number of benzene rings is 1. The maximum atomic E-state index is 12.7. The molecule has 1 aromatic carbocycles. The molecule has 0 spiro atoms. The quantitative estimate of drug-likeness (QED) is 0.562. The second kappa shape index (κ2) is 9.90. The summed E-state index contributed by atoms with van der Waals surface area (Å²) in [6.45, 7) is 7.23. The van der Waals surface area contributed by atoms with Crippen LogP contribution < -0.4 is 5.32 Å². The summed E-state index contributed by atoms with van der Waals surface area (Å²) in [5.74, 6) is 0.00403. The van der Waals surface area contributed by atoms with Crippen molar-refractivity contribution in [2.45, 2.75) is 24.4 Å². The molecular formula is C25H29N5OS. The molecule has 2 aliphatic rings. The largest absolute Gasteiger partial charge is 0.352 e. The summed E-state index contributed by atoms with van der Waals surface area (Å²) in [6.07, 6.45) is 5.92. The number of hydrogen-bond acceptors (Lipinski definition) is 5. The SMILES string of the molecule is O=C(NCCCN1CCCN(Cc2ccccc2)CC1)C1=Cc2cnc3cccc(n23)S1. The van der Waals surface area contributed by atoms with Gasteiger partial charge in [-0.1, -0.05) is 48.2 Å². The van der Waals surface area contributed by atoms with E-state index in [1.54, 1.807) is 0 Å².